The lowest BCUT2D eigenvalue weighted by atomic mass is 9.99. The highest BCUT2D eigenvalue weighted by Gasteiger charge is 2.51. The van der Waals surface area contributed by atoms with Gasteiger partial charge in [-0.1, -0.05) is 12.8 Å². The van der Waals surface area contributed by atoms with Gasteiger partial charge in [-0.2, -0.15) is 24.9 Å². The molecule has 0 saturated heterocycles. The molecule has 0 bridgehead atoms. The molecule has 1 N–H and O–H groups in total. The van der Waals surface area contributed by atoms with E-state index in [-0.39, 0.29) is 13.0 Å². The molecule has 14 heteroatoms. The minimum absolute atomic E-state index is 0.0148. The first-order valence-corrected chi connectivity index (χ1v) is 15.5. The molecule has 0 saturated carbocycles. The predicted molar refractivity (Wildman–Crippen MR) is 150 cm³/mol. The predicted octanol–water partition coefficient (Wildman–Crippen LogP) is 4.09. The van der Waals surface area contributed by atoms with Crippen molar-refractivity contribution in [2.24, 2.45) is 0 Å². The van der Waals surface area contributed by atoms with Crippen molar-refractivity contribution in [3.63, 3.8) is 0 Å². The Balaban J connectivity index is 3.12. The summed E-state index contributed by atoms with van der Waals surface area (Å²) in [5, 5.41) is 8.56. The van der Waals surface area contributed by atoms with Gasteiger partial charge in [-0.25, -0.2) is 4.39 Å². The van der Waals surface area contributed by atoms with Gasteiger partial charge in [-0.15, -0.1) is 0 Å². The van der Waals surface area contributed by atoms with Gasteiger partial charge < -0.3 is 43.0 Å². The highest BCUT2D eigenvalue weighted by molar-refractivity contribution is 7.99. The fourth-order valence-electron chi connectivity index (χ4n) is 3.08. The molecular formula is C27H52F4O9S. The zero-order chi connectivity index (χ0) is 30.3. The molecule has 0 aliphatic rings. The van der Waals surface area contributed by atoms with E-state index in [4.69, 9.17) is 43.0 Å². The number of hydrogen-bond donors (Lipinski definition) is 1. The summed E-state index contributed by atoms with van der Waals surface area (Å²) in [5.74, 6) is 1.76. The Labute approximate surface area is 247 Å². The van der Waals surface area contributed by atoms with Gasteiger partial charge in [0.2, 0.25) is 5.67 Å². The number of rotatable bonds is 33. The van der Waals surface area contributed by atoms with Crippen molar-refractivity contribution >= 4 is 11.8 Å². The van der Waals surface area contributed by atoms with Gasteiger partial charge in [0.1, 0.15) is 0 Å². The van der Waals surface area contributed by atoms with Gasteiger partial charge in [0.05, 0.1) is 112 Å². The second kappa shape index (κ2) is 29.8. The van der Waals surface area contributed by atoms with Crippen molar-refractivity contribution < 1.29 is 60.6 Å². The van der Waals surface area contributed by atoms with Gasteiger partial charge in [0, 0.05) is 5.75 Å². The molecule has 248 valence electrons. The zero-order valence-electron chi connectivity index (χ0n) is 24.6. The molecule has 0 aliphatic heterocycles. The molecule has 1 unspecified atom stereocenters. The average Bonchev–Trinajstić information content (AvgIpc) is 2.93. The van der Waals surface area contributed by atoms with Crippen LogP contribution in [0.5, 0.6) is 0 Å². The number of alkyl halides is 4. The molecule has 0 aromatic heterocycles. The van der Waals surface area contributed by atoms with Crippen LogP contribution in [0.2, 0.25) is 0 Å². The topological polar surface area (TPSA) is 94.1 Å². The van der Waals surface area contributed by atoms with Crippen LogP contribution >= 0.6 is 11.8 Å². The number of thioether (sulfide) groups is 1. The molecule has 0 aromatic carbocycles. The largest absolute Gasteiger partial charge is 0.422 e. The molecule has 41 heavy (non-hydrogen) atoms. The average molecular weight is 629 g/mol. The minimum Gasteiger partial charge on any atom is -0.394 e. The van der Waals surface area contributed by atoms with Crippen molar-refractivity contribution in [1.29, 1.82) is 0 Å². The summed E-state index contributed by atoms with van der Waals surface area (Å²) < 4.78 is 93.7. The molecule has 0 aliphatic carbocycles. The van der Waals surface area contributed by atoms with E-state index in [2.05, 4.69) is 0 Å². The maximum absolute atomic E-state index is 13.4. The molecule has 0 amide bonds. The minimum atomic E-state index is -4.79. The monoisotopic (exact) mass is 628 g/mol. The van der Waals surface area contributed by atoms with E-state index in [1.54, 1.807) is 11.8 Å². The van der Waals surface area contributed by atoms with Crippen LogP contribution < -0.4 is 0 Å². The third-order valence-electron chi connectivity index (χ3n) is 5.49. The third kappa shape index (κ3) is 29.6. The van der Waals surface area contributed by atoms with E-state index in [0.29, 0.717) is 119 Å². The number of aliphatic hydroxyl groups is 1. The number of ether oxygens (including phenoxy) is 8. The molecule has 0 fully saturated rings. The molecule has 9 nitrogen and oxygen atoms in total. The molecular weight excluding hydrogens is 576 g/mol. The summed E-state index contributed by atoms with van der Waals surface area (Å²) >= 11 is 1.74. The molecule has 0 radical (unpaired) electrons. The first kappa shape index (κ1) is 40.7. The highest BCUT2D eigenvalue weighted by atomic mass is 32.2. The Kier molecular flexibility index (Phi) is 29.6. The van der Waals surface area contributed by atoms with Crippen molar-refractivity contribution in [1.82, 2.24) is 0 Å². The Hall–Kier alpha value is -0.290. The van der Waals surface area contributed by atoms with Gasteiger partial charge in [-0.05, 0) is 31.9 Å². The molecule has 0 rings (SSSR count). The molecule has 1 atom stereocenters. The lowest BCUT2D eigenvalue weighted by molar-refractivity contribution is -0.226. The molecule has 0 heterocycles. The second-order valence-corrected chi connectivity index (χ2v) is 10.3. The Morgan fingerprint density at radius 1 is 0.463 bits per heavy atom. The van der Waals surface area contributed by atoms with Gasteiger partial charge in [0.25, 0.3) is 0 Å². The fourth-order valence-corrected chi connectivity index (χ4v) is 3.93. The van der Waals surface area contributed by atoms with Crippen molar-refractivity contribution in [2.75, 3.05) is 124 Å². The number of halogens is 4. The third-order valence-corrected chi connectivity index (χ3v) is 6.52. The lowest BCUT2D eigenvalue weighted by Crippen LogP contribution is -2.37. The Morgan fingerprint density at radius 3 is 1.17 bits per heavy atom. The van der Waals surface area contributed by atoms with Crippen molar-refractivity contribution in [2.45, 2.75) is 50.9 Å². The van der Waals surface area contributed by atoms with Crippen LogP contribution in [0.3, 0.4) is 0 Å². The highest BCUT2D eigenvalue weighted by Crippen LogP contribution is 2.37. The molecule has 0 spiro atoms. The van der Waals surface area contributed by atoms with E-state index >= 15 is 0 Å². The number of aliphatic hydroxyl groups excluding tert-OH is 1. The van der Waals surface area contributed by atoms with Crippen LogP contribution in [0.4, 0.5) is 17.6 Å². The number of unbranched alkanes of at least 4 members (excludes halogenated alkanes) is 3. The van der Waals surface area contributed by atoms with Crippen molar-refractivity contribution in [3.05, 3.63) is 0 Å². The van der Waals surface area contributed by atoms with Crippen LogP contribution in [0, 0.1) is 0 Å². The molecule has 0 aromatic rings. The van der Waals surface area contributed by atoms with Crippen LogP contribution in [-0.4, -0.2) is 141 Å². The number of hydrogen-bond acceptors (Lipinski definition) is 10. The summed E-state index contributed by atoms with van der Waals surface area (Å²) in [5.41, 5.74) is -3.09. The van der Waals surface area contributed by atoms with E-state index in [1.807, 2.05) is 0 Å². The Morgan fingerprint density at radius 2 is 0.805 bits per heavy atom. The van der Waals surface area contributed by atoms with E-state index < -0.39 is 18.3 Å². The maximum atomic E-state index is 13.4. The van der Waals surface area contributed by atoms with Crippen LogP contribution in [0.25, 0.3) is 0 Å². The van der Waals surface area contributed by atoms with Crippen LogP contribution in [0.1, 0.15) is 39.0 Å². The summed E-state index contributed by atoms with van der Waals surface area (Å²) in [6, 6.07) is 0. The quantitative estimate of drug-likeness (QED) is 0.0847. The van der Waals surface area contributed by atoms with Gasteiger partial charge >= 0.3 is 6.18 Å². The summed E-state index contributed by atoms with van der Waals surface area (Å²) in [4.78, 5) is 0. The van der Waals surface area contributed by atoms with Gasteiger partial charge in [0.15, 0.2) is 0 Å². The lowest BCUT2D eigenvalue weighted by Gasteiger charge is -2.23. The Bertz CT molecular complexity index is 536. The van der Waals surface area contributed by atoms with E-state index in [9.17, 15) is 17.6 Å². The van der Waals surface area contributed by atoms with E-state index in [1.165, 1.54) is 0 Å². The second-order valence-electron chi connectivity index (χ2n) is 9.09. The fraction of sp³-hybridized carbons (Fsp3) is 1.00. The van der Waals surface area contributed by atoms with Gasteiger partial charge in [-0.3, -0.25) is 0 Å². The summed E-state index contributed by atoms with van der Waals surface area (Å²) in [7, 11) is 0. The standard InChI is InChI=1S/C27H52F4O9S/c1-26(28,27(29,30)31)6-4-2-3-5-24-41-25-23-40-22-21-39-20-19-38-18-17-37-16-15-36-14-13-35-12-11-34-10-9-33-8-7-32/h32H,2-25H2,1H3. The van der Waals surface area contributed by atoms with Crippen LogP contribution in [-0.2, 0) is 37.9 Å². The SMILES string of the molecule is CC(F)(CCCCCCSCCOCCOCCOCCOCCOCCOCCOCCOCCO)C(F)(F)F. The zero-order valence-corrected chi connectivity index (χ0v) is 25.4. The van der Waals surface area contributed by atoms with Crippen molar-refractivity contribution in [3.8, 4) is 0 Å². The first-order chi connectivity index (χ1) is 19.8. The smallest absolute Gasteiger partial charge is 0.394 e. The summed E-state index contributed by atoms with van der Waals surface area (Å²) in [6.45, 7) is 8.34. The summed E-state index contributed by atoms with van der Waals surface area (Å²) in [6.07, 6.45) is -2.70. The maximum Gasteiger partial charge on any atom is 0.422 e. The normalized spacial score (nSPS) is 13.6. The first-order valence-electron chi connectivity index (χ1n) is 14.4. The van der Waals surface area contributed by atoms with Crippen LogP contribution in [0.15, 0.2) is 0 Å². The van der Waals surface area contributed by atoms with E-state index in [0.717, 1.165) is 24.3 Å².